The fourth-order valence-corrected chi connectivity index (χ4v) is 8.93. The molecule has 3 aromatic heterocycles. The van der Waals surface area contributed by atoms with E-state index in [-0.39, 0.29) is 6.17 Å². The number of fused-ring (bicyclic) bond motifs is 9. The Labute approximate surface area is 327 Å². The summed E-state index contributed by atoms with van der Waals surface area (Å²) in [7, 11) is 0. The SMILES string of the molecule is C1=Cc2oc3c(C4=NC(c5cccc6oc7c(-n8c9ccccc9c9ccc(-c%10ccccc%10)cc98)cccc7c56)=NC(c5ccccc5)N4)cccc3c2CC1. The first-order chi connectivity index (χ1) is 28.3. The summed E-state index contributed by atoms with van der Waals surface area (Å²) < 4.78 is 15.8. The summed E-state index contributed by atoms with van der Waals surface area (Å²) in [5.41, 5.74) is 12.1. The molecule has 270 valence electrons. The number of nitrogens with one attached hydrogen (secondary N) is 1. The molecule has 0 spiro atoms. The van der Waals surface area contributed by atoms with Gasteiger partial charge in [-0.3, -0.25) is 0 Å². The van der Waals surface area contributed by atoms with E-state index in [2.05, 4.69) is 162 Å². The summed E-state index contributed by atoms with van der Waals surface area (Å²) in [6.07, 6.45) is 5.88. The molecule has 1 atom stereocenters. The Morgan fingerprint density at radius 2 is 1.35 bits per heavy atom. The molecular formula is C51H34N4O2. The van der Waals surface area contributed by atoms with Gasteiger partial charge in [0.05, 0.1) is 22.3 Å². The van der Waals surface area contributed by atoms with Crippen LogP contribution in [0.4, 0.5) is 0 Å². The molecule has 0 bridgehead atoms. The molecule has 57 heavy (non-hydrogen) atoms. The molecule has 0 saturated carbocycles. The number of rotatable bonds is 5. The molecule has 6 nitrogen and oxygen atoms in total. The largest absolute Gasteiger partial charge is 0.456 e. The second-order valence-electron chi connectivity index (χ2n) is 14.8. The van der Waals surface area contributed by atoms with E-state index in [9.17, 15) is 0 Å². The normalized spacial score (nSPS) is 15.3. The third-order valence-corrected chi connectivity index (χ3v) is 11.6. The van der Waals surface area contributed by atoms with Gasteiger partial charge in [-0.1, -0.05) is 133 Å². The summed E-state index contributed by atoms with van der Waals surface area (Å²) in [4.78, 5) is 10.6. The molecule has 1 aliphatic heterocycles. The van der Waals surface area contributed by atoms with Crippen molar-refractivity contribution in [2.45, 2.75) is 19.0 Å². The topological polar surface area (TPSA) is 68.0 Å². The van der Waals surface area contributed by atoms with Crippen molar-refractivity contribution in [1.82, 2.24) is 9.88 Å². The molecular weight excluding hydrogens is 701 g/mol. The van der Waals surface area contributed by atoms with Gasteiger partial charge in [0, 0.05) is 38.1 Å². The summed E-state index contributed by atoms with van der Waals surface area (Å²) in [6, 6.07) is 55.3. The van der Waals surface area contributed by atoms with E-state index in [1.807, 2.05) is 18.2 Å². The number of allylic oxidation sites excluding steroid dienone is 1. The Kier molecular flexibility index (Phi) is 7.01. The fourth-order valence-electron chi connectivity index (χ4n) is 8.93. The van der Waals surface area contributed by atoms with E-state index < -0.39 is 0 Å². The quantitative estimate of drug-likeness (QED) is 0.191. The molecule has 7 aromatic carbocycles. The lowest BCUT2D eigenvalue weighted by Gasteiger charge is -2.24. The molecule has 6 heteroatoms. The van der Waals surface area contributed by atoms with E-state index in [0.29, 0.717) is 5.84 Å². The lowest BCUT2D eigenvalue weighted by Crippen LogP contribution is -2.33. The number of hydrogen-bond acceptors (Lipinski definition) is 5. The molecule has 2 aliphatic rings. The number of aliphatic imine (C=N–C) groups is 2. The Balaban J connectivity index is 1.07. The van der Waals surface area contributed by atoms with Crippen LogP contribution in [0, 0.1) is 0 Å². The molecule has 4 heterocycles. The van der Waals surface area contributed by atoms with Crippen LogP contribution in [0.25, 0.3) is 77.6 Å². The molecule has 0 saturated heterocycles. The van der Waals surface area contributed by atoms with Gasteiger partial charge in [-0.05, 0) is 65.9 Å². The molecule has 1 aliphatic carbocycles. The maximum Gasteiger partial charge on any atom is 0.160 e. The van der Waals surface area contributed by atoms with Crippen LogP contribution in [-0.2, 0) is 6.42 Å². The van der Waals surface area contributed by atoms with E-state index in [1.54, 1.807) is 0 Å². The Morgan fingerprint density at radius 1 is 0.596 bits per heavy atom. The van der Waals surface area contributed by atoms with Gasteiger partial charge in [0.1, 0.15) is 28.9 Å². The van der Waals surface area contributed by atoms with Crippen LogP contribution in [0.1, 0.15) is 40.6 Å². The second-order valence-corrected chi connectivity index (χ2v) is 14.8. The van der Waals surface area contributed by atoms with Crippen LogP contribution in [0.15, 0.2) is 183 Å². The maximum atomic E-state index is 6.92. The van der Waals surface area contributed by atoms with Crippen molar-refractivity contribution in [3.63, 3.8) is 0 Å². The van der Waals surface area contributed by atoms with Crippen LogP contribution >= 0.6 is 0 Å². The molecule has 0 radical (unpaired) electrons. The zero-order valence-electron chi connectivity index (χ0n) is 30.8. The number of aryl methyl sites for hydroxylation is 1. The highest BCUT2D eigenvalue weighted by Crippen LogP contribution is 2.41. The summed E-state index contributed by atoms with van der Waals surface area (Å²) in [6.45, 7) is 0. The number of aromatic nitrogens is 1. The highest BCUT2D eigenvalue weighted by molar-refractivity contribution is 6.24. The Morgan fingerprint density at radius 3 is 2.26 bits per heavy atom. The van der Waals surface area contributed by atoms with Crippen LogP contribution in [0.2, 0.25) is 0 Å². The average Bonchev–Trinajstić information content (AvgIpc) is 3.96. The molecule has 12 rings (SSSR count). The standard InChI is InChI=1S/C51H34N4O2/c1-3-14-31(15-4-1)33-28-29-35-34-18-7-9-24-41(34)55(43(35)30-33)42-25-12-21-38-46-39(22-13-27-45(46)57-48(38)42)50-52-49(32-16-5-2-6-17-32)53-51(54-50)40-23-11-20-37-36-19-8-10-26-44(36)56-47(37)40/h1-7,9-18,20-30,49H,8,19H2,(H,52,53,54). The van der Waals surface area contributed by atoms with Gasteiger partial charge in [0.25, 0.3) is 0 Å². The van der Waals surface area contributed by atoms with E-state index >= 15 is 0 Å². The zero-order chi connectivity index (χ0) is 37.5. The van der Waals surface area contributed by atoms with E-state index in [0.717, 1.165) is 90.8 Å². The number of benzene rings is 7. The van der Waals surface area contributed by atoms with Gasteiger partial charge >= 0.3 is 0 Å². The van der Waals surface area contributed by atoms with E-state index in [4.69, 9.17) is 18.8 Å². The Hall–Kier alpha value is -7.44. The highest BCUT2D eigenvalue weighted by Gasteiger charge is 2.27. The first-order valence-corrected chi connectivity index (χ1v) is 19.5. The number of nitrogens with zero attached hydrogens (tertiary/aromatic N) is 3. The monoisotopic (exact) mass is 734 g/mol. The van der Waals surface area contributed by atoms with Crippen LogP contribution < -0.4 is 5.32 Å². The van der Waals surface area contributed by atoms with Crippen molar-refractivity contribution in [3.05, 3.63) is 192 Å². The molecule has 0 fully saturated rings. The summed E-state index contributed by atoms with van der Waals surface area (Å²) >= 11 is 0. The van der Waals surface area contributed by atoms with Gasteiger partial charge in [0.15, 0.2) is 11.4 Å². The van der Waals surface area contributed by atoms with E-state index in [1.165, 1.54) is 27.5 Å². The third-order valence-electron chi connectivity index (χ3n) is 11.6. The second kappa shape index (κ2) is 12.5. The average molecular weight is 735 g/mol. The maximum absolute atomic E-state index is 6.92. The number of furan rings is 2. The van der Waals surface area contributed by atoms with Crippen molar-refractivity contribution in [1.29, 1.82) is 0 Å². The number of amidine groups is 2. The molecule has 0 amide bonds. The van der Waals surface area contributed by atoms with Gasteiger partial charge < -0.3 is 18.7 Å². The summed E-state index contributed by atoms with van der Waals surface area (Å²) in [5.74, 6) is 2.28. The Bertz CT molecular complexity index is 3330. The predicted octanol–water partition coefficient (Wildman–Crippen LogP) is 12.6. The lowest BCUT2D eigenvalue weighted by molar-refractivity contribution is 0.593. The van der Waals surface area contributed by atoms with Gasteiger partial charge in [-0.25, -0.2) is 9.98 Å². The van der Waals surface area contributed by atoms with Crippen molar-refractivity contribution in [2.24, 2.45) is 9.98 Å². The van der Waals surface area contributed by atoms with Crippen LogP contribution in [-0.4, -0.2) is 16.2 Å². The van der Waals surface area contributed by atoms with Crippen molar-refractivity contribution < 1.29 is 8.83 Å². The first kappa shape index (κ1) is 31.9. The minimum atomic E-state index is -0.367. The minimum absolute atomic E-state index is 0.367. The smallest absolute Gasteiger partial charge is 0.160 e. The van der Waals surface area contributed by atoms with Gasteiger partial charge in [-0.15, -0.1) is 0 Å². The molecule has 1 unspecified atom stereocenters. The first-order valence-electron chi connectivity index (χ1n) is 19.5. The van der Waals surface area contributed by atoms with Crippen molar-refractivity contribution in [2.75, 3.05) is 0 Å². The van der Waals surface area contributed by atoms with Crippen molar-refractivity contribution >= 4 is 72.5 Å². The van der Waals surface area contributed by atoms with Crippen LogP contribution in [0.5, 0.6) is 0 Å². The summed E-state index contributed by atoms with van der Waals surface area (Å²) in [5, 5.41) is 9.18. The minimum Gasteiger partial charge on any atom is -0.456 e. The highest BCUT2D eigenvalue weighted by atomic mass is 16.3. The van der Waals surface area contributed by atoms with Gasteiger partial charge in [0.2, 0.25) is 0 Å². The predicted molar refractivity (Wildman–Crippen MR) is 232 cm³/mol. The number of hydrogen-bond donors (Lipinski definition) is 1. The van der Waals surface area contributed by atoms with Crippen LogP contribution in [0.3, 0.4) is 0 Å². The molecule has 10 aromatic rings. The zero-order valence-corrected chi connectivity index (χ0v) is 30.8. The molecule has 1 N–H and O–H groups in total. The fraction of sp³-hybridized carbons (Fsp3) is 0.0588. The lowest BCUT2D eigenvalue weighted by atomic mass is 9.99. The van der Waals surface area contributed by atoms with Crippen molar-refractivity contribution in [3.8, 4) is 16.8 Å². The third kappa shape index (κ3) is 4.97. The number of para-hydroxylation sites is 3. The van der Waals surface area contributed by atoms with Gasteiger partial charge in [-0.2, -0.15) is 0 Å².